The van der Waals surface area contributed by atoms with Crippen LogP contribution in [0.2, 0.25) is 0 Å². The Morgan fingerprint density at radius 3 is 2.02 bits per heavy atom. The van der Waals surface area contributed by atoms with Crippen LogP contribution in [0.5, 0.6) is 5.75 Å². The molecule has 0 atom stereocenters. The number of hydrogen-bond donors (Lipinski definition) is 2. The molecule has 0 radical (unpaired) electrons. The van der Waals surface area contributed by atoms with Crippen LogP contribution in [-0.2, 0) is 10.0 Å². The van der Waals surface area contributed by atoms with Crippen molar-refractivity contribution in [3.05, 3.63) is 83.4 Å². The molecule has 0 unspecified atom stereocenters. The number of anilines is 3. The third kappa shape index (κ3) is 7.49. The minimum absolute atomic E-state index is 0. The number of nitrogens with one attached hydrogen (secondary N) is 1. The molecule has 2 heterocycles. The Morgan fingerprint density at radius 2 is 1.45 bits per heavy atom. The Bertz CT molecular complexity index is 1640. The fraction of sp³-hybridized carbons (Fsp3) is 0.241. The van der Waals surface area contributed by atoms with Crippen LogP contribution in [-0.4, -0.2) is 57.8 Å². The standard InChI is InChI=1S/C29H30N4O5S.3ClH/c1-19-14-20(2)16-24(15-19)39(36,37)31-21-4-9-27-25(17-21)26(29(34)35)18-28(30-27)33-12-10-32(11-13-33)22-5-7-23(38-3)8-6-22;;;/h4-9,14-18,31H,10-13H2,1-3H3,(H,34,35);3*1H. The first kappa shape index (κ1) is 34.8. The Balaban J connectivity index is 0.00000205. The molecule has 2 N–H and O–H groups in total. The van der Waals surface area contributed by atoms with Crippen molar-refractivity contribution in [1.29, 1.82) is 0 Å². The van der Waals surface area contributed by atoms with Crippen molar-refractivity contribution in [3.8, 4) is 5.75 Å². The number of piperazine rings is 1. The smallest absolute Gasteiger partial charge is 0.336 e. The molecule has 42 heavy (non-hydrogen) atoms. The average molecular weight is 656 g/mol. The van der Waals surface area contributed by atoms with Crippen molar-refractivity contribution in [1.82, 2.24) is 4.98 Å². The monoisotopic (exact) mass is 654 g/mol. The molecule has 0 amide bonds. The van der Waals surface area contributed by atoms with Crippen molar-refractivity contribution < 1.29 is 23.1 Å². The fourth-order valence-electron chi connectivity index (χ4n) is 4.90. The van der Waals surface area contributed by atoms with Gasteiger partial charge in [-0.1, -0.05) is 6.07 Å². The molecule has 13 heteroatoms. The number of pyridine rings is 1. The van der Waals surface area contributed by atoms with Gasteiger partial charge < -0.3 is 19.6 Å². The van der Waals surface area contributed by atoms with Gasteiger partial charge >= 0.3 is 5.97 Å². The molecule has 1 fully saturated rings. The summed E-state index contributed by atoms with van der Waals surface area (Å²) in [7, 11) is -2.22. The molecule has 226 valence electrons. The minimum atomic E-state index is -3.86. The lowest BCUT2D eigenvalue weighted by Gasteiger charge is -2.37. The number of carbonyl (C=O) groups is 1. The van der Waals surface area contributed by atoms with Crippen LogP contribution in [0, 0.1) is 13.8 Å². The van der Waals surface area contributed by atoms with E-state index in [4.69, 9.17) is 9.72 Å². The number of fused-ring (bicyclic) bond motifs is 1. The molecule has 0 bridgehead atoms. The van der Waals surface area contributed by atoms with E-state index >= 15 is 0 Å². The highest BCUT2D eigenvalue weighted by Crippen LogP contribution is 2.29. The lowest BCUT2D eigenvalue weighted by atomic mass is 10.1. The summed E-state index contributed by atoms with van der Waals surface area (Å²) in [4.78, 5) is 21.5. The molecular weight excluding hydrogens is 623 g/mol. The Hall–Kier alpha value is -3.44. The predicted molar refractivity (Wildman–Crippen MR) is 175 cm³/mol. The maximum absolute atomic E-state index is 13.0. The Labute approximate surface area is 264 Å². The Morgan fingerprint density at radius 1 is 0.857 bits per heavy atom. The molecule has 0 spiro atoms. The SMILES string of the molecule is COc1ccc(N2CCN(c3cc(C(=O)O)c4cc(NS(=O)(=O)c5cc(C)cc(C)c5)ccc4n3)CC2)cc1.Cl.Cl.Cl. The van der Waals surface area contributed by atoms with E-state index in [-0.39, 0.29) is 53.4 Å². The minimum Gasteiger partial charge on any atom is -0.497 e. The van der Waals surface area contributed by atoms with Gasteiger partial charge in [0.05, 0.1) is 23.1 Å². The number of benzene rings is 3. The number of hydrogen-bond acceptors (Lipinski definition) is 7. The van der Waals surface area contributed by atoms with Gasteiger partial charge in [0.1, 0.15) is 11.6 Å². The molecule has 0 aliphatic carbocycles. The van der Waals surface area contributed by atoms with E-state index in [0.717, 1.165) is 35.7 Å². The van der Waals surface area contributed by atoms with E-state index < -0.39 is 16.0 Å². The van der Waals surface area contributed by atoms with E-state index in [0.29, 0.717) is 29.8 Å². The second kappa shape index (κ2) is 14.2. The number of nitrogens with zero attached hydrogens (tertiary/aromatic N) is 3. The van der Waals surface area contributed by atoms with Crippen LogP contribution in [0.25, 0.3) is 10.9 Å². The van der Waals surface area contributed by atoms with E-state index in [1.165, 1.54) is 6.07 Å². The summed E-state index contributed by atoms with van der Waals surface area (Å²) in [5, 5.41) is 10.4. The van der Waals surface area contributed by atoms with Gasteiger partial charge in [0, 0.05) is 42.9 Å². The zero-order valence-corrected chi connectivity index (χ0v) is 26.5. The number of aromatic nitrogens is 1. The zero-order chi connectivity index (χ0) is 27.7. The summed E-state index contributed by atoms with van der Waals surface area (Å²) in [6, 6.07) is 19.4. The van der Waals surface area contributed by atoms with Gasteiger partial charge in [-0.25, -0.2) is 18.2 Å². The van der Waals surface area contributed by atoms with E-state index in [1.807, 2.05) is 44.2 Å². The van der Waals surface area contributed by atoms with Crippen molar-refractivity contribution in [3.63, 3.8) is 0 Å². The normalized spacial score (nSPS) is 12.9. The molecule has 5 rings (SSSR count). The molecule has 1 aliphatic heterocycles. The molecule has 1 aliphatic rings. The third-order valence-corrected chi connectivity index (χ3v) is 8.19. The number of ether oxygens (including phenoxy) is 1. The number of rotatable bonds is 7. The average Bonchev–Trinajstić information content (AvgIpc) is 2.92. The highest BCUT2D eigenvalue weighted by atomic mass is 35.5. The fourth-order valence-corrected chi connectivity index (χ4v) is 6.14. The van der Waals surface area contributed by atoms with Gasteiger partial charge in [0.2, 0.25) is 0 Å². The van der Waals surface area contributed by atoms with Gasteiger partial charge in [0.25, 0.3) is 10.0 Å². The molecule has 1 aromatic heterocycles. The number of sulfonamides is 1. The predicted octanol–water partition coefficient (Wildman–Crippen LogP) is 5.95. The van der Waals surface area contributed by atoms with Gasteiger partial charge in [0.15, 0.2) is 0 Å². The van der Waals surface area contributed by atoms with Gasteiger partial charge in [-0.15, -0.1) is 37.2 Å². The second-order valence-electron chi connectivity index (χ2n) is 9.67. The lowest BCUT2D eigenvalue weighted by Crippen LogP contribution is -2.46. The van der Waals surface area contributed by atoms with Gasteiger partial charge in [-0.3, -0.25) is 4.72 Å². The summed E-state index contributed by atoms with van der Waals surface area (Å²) in [5.41, 5.74) is 3.60. The van der Waals surface area contributed by atoms with Gasteiger partial charge in [-0.2, -0.15) is 0 Å². The largest absolute Gasteiger partial charge is 0.497 e. The highest BCUT2D eigenvalue weighted by Gasteiger charge is 2.22. The number of methoxy groups -OCH3 is 1. The molecule has 4 aromatic rings. The summed E-state index contributed by atoms with van der Waals surface area (Å²) >= 11 is 0. The summed E-state index contributed by atoms with van der Waals surface area (Å²) in [6.07, 6.45) is 0. The van der Waals surface area contributed by atoms with Crippen molar-refractivity contribution in [2.75, 3.05) is 47.8 Å². The van der Waals surface area contributed by atoms with Crippen LogP contribution in [0.4, 0.5) is 17.2 Å². The molecule has 9 nitrogen and oxygen atoms in total. The van der Waals surface area contributed by atoms with Crippen LogP contribution in [0.3, 0.4) is 0 Å². The first-order chi connectivity index (χ1) is 18.6. The maximum atomic E-state index is 13.0. The molecule has 1 saturated heterocycles. The van der Waals surface area contributed by atoms with E-state index in [2.05, 4.69) is 14.5 Å². The number of aromatic carboxylic acids is 1. The van der Waals surface area contributed by atoms with Crippen LogP contribution < -0.4 is 19.3 Å². The van der Waals surface area contributed by atoms with Gasteiger partial charge in [-0.05, 0) is 85.6 Å². The van der Waals surface area contributed by atoms with E-state index in [1.54, 1.807) is 37.4 Å². The molecule has 0 saturated carbocycles. The zero-order valence-electron chi connectivity index (χ0n) is 23.2. The van der Waals surface area contributed by atoms with Crippen molar-refractivity contribution in [2.24, 2.45) is 0 Å². The van der Waals surface area contributed by atoms with Crippen molar-refractivity contribution in [2.45, 2.75) is 18.7 Å². The van der Waals surface area contributed by atoms with Crippen molar-refractivity contribution >= 4 is 81.3 Å². The van der Waals surface area contributed by atoms with Crippen LogP contribution in [0.1, 0.15) is 21.5 Å². The highest BCUT2D eigenvalue weighted by molar-refractivity contribution is 7.92. The molecular formula is C29H33Cl3N4O5S. The number of carboxylic acid groups (broad SMARTS) is 1. The topological polar surface area (TPSA) is 112 Å². The summed E-state index contributed by atoms with van der Waals surface area (Å²) in [6.45, 7) is 6.54. The number of aryl methyl sites for hydroxylation is 2. The quantitative estimate of drug-likeness (QED) is 0.251. The number of halogens is 3. The first-order valence-electron chi connectivity index (χ1n) is 12.6. The van der Waals surface area contributed by atoms with Crippen LogP contribution >= 0.6 is 37.2 Å². The van der Waals surface area contributed by atoms with Crippen LogP contribution in [0.15, 0.2) is 71.6 Å². The van der Waals surface area contributed by atoms with E-state index in [9.17, 15) is 18.3 Å². The third-order valence-electron chi connectivity index (χ3n) is 6.82. The second-order valence-corrected chi connectivity index (χ2v) is 11.3. The summed E-state index contributed by atoms with van der Waals surface area (Å²) in [5.74, 6) is 0.285. The maximum Gasteiger partial charge on any atom is 0.336 e. The lowest BCUT2D eigenvalue weighted by molar-refractivity contribution is 0.0699. The first-order valence-corrected chi connectivity index (χ1v) is 14.0. The summed E-state index contributed by atoms with van der Waals surface area (Å²) < 4.78 is 33.9. The number of carboxylic acids is 1. The molecule has 3 aromatic carbocycles. The Kier molecular flexibility index (Phi) is 11.7.